The van der Waals surface area contributed by atoms with Crippen LogP contribution in [0.1, 0.15) is 24.2 Å². The number of rotatable bonds is 7. The quantitative estimate of drug-likeness (QED) is 0.512. The van der Waals surface area contributed by atoms with Gasteiger partial charge in [0.25, 0.3) is 5.56 Å². The van der Waals surface area contributed by atoms with Crippen molar-refractivity contribution in [1.29, 1.82) is 0 Å². The lowest BCUT2D eigenvalue weighted by Crippen LogP contribution is -2.48. The number of carbonyl (C=O) groups excluding carboxylic acids is 2. The second kappa shape index (κ2) is 9.92. The summed E-state index contributed by atoms with van der Waals surface area (Å²) in [4.78, 5) is 40.8. The number of nitrogens with one attached hydrogen (secondary N) is 2. The van der Waals surface area contributed by atoms with E-state index in [0.29, 0.717) is 17.0 Å². The molecule has 1 aliphatic rings. The molecule has 3 aromatic rings. The molecular weight excluding hydrogens is 446 g/mol. The van der Waals surface area contributed by atoms with E-state index in [1.807, 2.05) is 74.6 Å². The van der Waals surface area contributed by atoms with Gasteiger partial charge in [0.15, 0.2) is 0 Å². The summed E-state index contributed by atoms with van der Waals surface area (Å²) >= 11 is 0. The highest BCUT2D eigenvalue weighted by Gasteiger charge is 2.34. The van der Waals surface area contributed by atoms with Gasteiger partial charge in [-0.3, -0.25) is 9.48 Å². The molecule has 1 aromatic heterocycles. The van der Waals surface area contributed by atoms with Crippen LogP contribution < -0.4 is 21.1 Å². The number of amides is 2. The summed E-state index contributed by atoms with van der Waals surface area (Å²) in [5, 5.41) is 5.59. The Morgan fingerprint density at radius 3 is 2.31 bits per heavy atom. The van der Waals surface area contributed by atoms with Crippen molar-refractivity contribution in [3.63, 3.8) is 0 Å². The third-order valence-corrected chi connectivity index (χ3v) is 6.08. The molecule has 1 aliphatic heterocycles. The highest BCUT2D eigenvalue weighted by Crippen LogP contribution is 2.29. The Labute approximate surface area is 203 Å². The lowest BCUT2D eigenvalue weighted by atomic mass is 9.95. The van der Waals surface area contributed by atoms with Gasteiger partial charge in [-0.15, -0.1) is 0 Å². The Hall–Kier alpha value is -4.27. The van der Waals surface area contributed by atoms with Crippen LogP contribution in [0.4, 0.5) is 10.5 Å². The van der Waals surface area contributed by atoms with Gasteiger partial charge >= 0.3 is 12.0 Å². The summed E-state index contributed by atoms with van der Waals surface area (Å²) in [6, 6.07) is 17.5. The Kier molecular flexibility index (Phi) is 6.77. The highest BCUT2D eigenvalue weighted by molar-refractivity contribution is 5.95. The van der Waals surface area contributed by atoms with Crippen molar-refractivity contribution in [3.05, 3.63) is 93.5 Å². The van der Waals surface area contributed by atoms with Gasteiger partial charge in [-0.1, -0.05) is 48.5 Å². The Bertz CT molecular complexity index is 1330. The number of carbonyl (C=O) groups is 2. The van der Waals surface area contributed by atoms with E-state index in [2.05, 4.69) is 10.6 Å². The molecule has 9 heteroatoms. The predicted octanol–water partition coefficient (Wildman–Crippen LogP) is 2.79. The number of aromatic nitrogens is 2. The van der Waals surface area contributed by atoms with E-state index in [9.17, 15) is 14.4 Å². The van der Waals surface area contributed by atoms with Crippen LogP contribution in [0.3, 0.4) is 0 Å². The minimum absolute atomic E-state index is 0.125. The van der Waals surface area contributed by atoms with E-state index in [-0.39, 0.29) is 18.7 Å². The summed E-state index contributed by atoms with van der Waals surface area (Å²) in [5.74, 6) is -0.524. The first-order chi connectivity index (χ1) is 16.8. The molecular formula is C26H29N5O4. The zero-order chi connectivity index (χ0) is 25.1. The Morgan fingerprint density at radius 1 is 1.06 bits per heavy atom. The average molecular weight is 476 g/mol. The first-order valence-corrected chi connectivity index (χ1v) is 11.4. The molecule has 0 radical (unpaired) electrons. The van der Waals surface area contributed by atoms with Gasteiger partial charge in [0.05, 0.1) is 41.8 Å². The van der Waals surface area contributed by atoms with Crippen LogP contribution in [0.5, 0.6) is 0 Å². The number of likely N-dealkylation sites (N-methyl/N-ethyl adjacent to an activating group) is 1. The second-order valence-corrected chi connectivity index (χ2v) is 8.32. The SMILES string of the molecule is CCOC(=O)C1=C(CN(C)c2c(C)n(C)n(-c3ccccc3)c2=O)NC(=O)N[C@@H]1c1ccccc1. The summed E-state index contributed by atoms with van der Waals surface area (Å²) in [6.45, 7) is 3.91. The largest absolute Gasteiger partial charge is 0.463 e. The number of urea groups is 1. The molecule has 0 saturated carbocycles. The van der Waals surface area contributed by atoms with Gasteiger partial charge in [0, 0.05) is 14.1 Å². The van der Waals surface area contributed by atoms with Crippen LogP contribution in [0.15, 0.2) is 76.7 Å². The number of hydrogen-bond donors (Lipinski definition) is 2. The summed E-state index contributed by atoms with van der Waals surface area (Å²) in [6.07, 6.45) is 0. The lowest BCUT2D eigenvalue weighted by molar-refractivity contribution is -0.139. The van der Waals surface area contributed by atoms with Crippen LogP contribution in [0.25, 0.3) is 5.69 Å². The molecule has 35 heavy (non-hydrogen) atoms. The molecule has 0 spiro atoms. The Morgan fingerprint density at radius 2 is 1.69 bits per heavy atom. The molecule has 0 aliphatic carbocycles. The molecule has 0 saturated heterocycles. The maximum absolute atomic E-state index is 13.5. The first kappa shape index (κ1) is 23.9. The van der Waals surface area contributed by atoms with Crippen LogP contribution >= 0.6 is 0 Å². The predicted molar refractivity (Wildman–Crippen MR) is 134 cm³/mol. The van der Waals surface area contributed by atoms with Gasteiger partial charge in [-0.2, -0.15) is 0 Å². The van der Waals surface area contributed by atoms with Gasteiger partial charge in [0.2, 0.25) is 0 Å². The van der Waals surface area contributed by atoms with Crippen LogP contribution in [-0.4, -0.2) is 41.6 Å². The third-order valence-electron chi connectivity index (χ3n) is 6.08. The van der Waals surface area contributed by atoms with Crippen molar-refractivity contribution >= 4 is 17.7 Å². The van der Waals surface area contributed by atoms with Crippen molar-refractivity contribution in [2.24, 2.45) is 7.05 Å². The third kappa shape index (κ3) is 4.57. The average Bonchev–Trinajstić information content (AvgIpc) is 3.07. The van der Waals surface area contributed by atoms with Crippen LogP contribution in [-0.2, 0) is 16.6 Å². The molecule has 0 fully saturated rings. The van der Waals surface area contributed by atoms with Crippen LogP contribution in [0, 0.1) is 6.92 Å². The summed E-state index contributed by atoms with van der Waals surface area (Å²) in [5.41, 5.74) is 3.22. The number of hydrogen-bond acceptors (Lipinski definition) is 5. The normalized spacial score (nSPS) is 15.4. The fourth-order valence-corrected chi connectivity index (χ4v) is 4.40. The van der Waals surface area contributed by atoms with Gasteiger partial charge in [-0.05, 0) is 31.5 Å². The molecule has 2 N–H and O–H groups in total. The fourth-order valence-electron chi connectivity index (χ4n) is 4.40. The summed E-state index contributed by atoms with van der Waals surface area (Å²) < 4.78 is 8.72. The van der Waals surface area contributed by atoms with Crippen molar-refractivity contribution < 1.29 is 14.3 Å². The van der Waals surface area contributed by atoms with Crippen molar-refractivity contribution in [1.82, 2.24) is 20.0 Å². The molecule has 0 bridgehead atoms. The minimum atomic E-state index is -0.676. The van der Waals surface area contributed by atoms with Crippen molar-refractivity contribution in [2.45, 2.75) is 19.9 Å². The molecule has 4 rings (SSSR count). The highest BCUT2D eigenvalue weighted by atomic mass is 16.5. The van der Waals surface area contributed by atoms with Gasteiger partial charge in [-0.25, -0.2) is 14.3 Å². The number of benzene rings is 2. The standard InChI is InChI=1S/C26H29N5O4/c1-5-35-25(33)21-20(27-26(34)28-22(21)18-12-8-6-9-13-18)16-29(3)23-17(2)30(4)31(24(23)32)19-14-10-7-11-15-19/h6-15,22H,5,16H2,1-4H3,(H2,27,28,34)/t22-/m1/s1. The molecule has 0 unspecified atom stereocenters. The minimum Gasteiger partial charge on any atom is -0.463 e. The van der Waals surface area contributed by atoms with E-state index < -0.39 is 18.0 Å². The molecule has 9 nitrogen and oxygen atoms in total. The van der Waals surface area contributed by atoms with Gasteiger partial charge in [0.1, 0.15) is 5.69 Å². The van der Waals surface area contributed by atoms with Gasteiger partial charge < -0.3 is 20.3 Å². The zero-order valence-corrected chi connectivity index (χ0v) is 20.2. The van der Waals surface area contributed by atoms with Crippen molar-refractivity contribution in [3.8, 4) is 5.69 Å². The van der Waals surface area contributed by atoms with Crippen molar-refractivity contribution in [2.75, 3.05) is 25.1 Å². The number of nitrogens with zero attached hydrogens (tertiary/aromatic N) is 3. The lowest BCUT2D eigenvalue weighted by Gasteiger charge is -2.31. The molecule has 182 valence electrons. The molecule has 2 amide bonds. The van der Waals surface area contributed by atoms with Crippen LogP contribution in [0.2, 0.25) is 0 Å². The molecule has 2 heterocycles. The molecule has 1 atom stereocenters. The zero-order valence-electron chi connectivity index (χ0n) is 20.2. The second-order valence-electron chi connectivity index (χ2n) is 8.32. The Balaban J connectivity index is 1.78. The number of ether oxygens (including phenoxy) is 1. The van der Waals surface area contributed by atoms with E-state index in [1.54, 1.807) is 28.2 Å². The first-order valence-electron chi connectivity index (χ1n) is 11.4. The molecule has 2 aromatic carbocycles. The smallest absolute Gasteiger partial charge is 0.338 e. The number of esters is 1. The fraction of sp³-hybridized carbons (Fsp3) is 0.269. The van der Waals surface area contributed by atoms with E-state index >= 15 is 0 Å². The van der Waals surface area contributed by atoms with E-state index in [4.69, 9.17) is 4.74 Å². The maximum atomic E-state index is 13.5. The maximum Gasteiger partial charge on any atom is 0.338 e. The topological polar surface area (TPSA) is 97.6 Å². The monoisotopic (exact) mass is 475 g/mol. The van der Waals surface area contributed by atoms with E-state index in [1.165, 1.54) is 0 Å². The van der Waals surface area contributed by atoms with E-state index in [0.717, 1.165) is 16.9 Å². The number of para-hydroxylation sites is 1. The number of anilines is 1. The summed E-state index contributed by atoms with van der Waals surface area (Å²) in [7, 11) is 3.59.